The molecule has 126 valence electrons. The number of carbonyl (C=O) groups excluding carboxylic acids is 2. The summed E-state index contributed by atoms with van der Waals surface area (Å²) in [6.45, 7) is 2.27. The molecule has 1 aromatic carbocycles. The molecule has 1 heterocycles. The number of halogens is 2. The van der Waals surface area contributed by atoms with Crippen molar-refractivity contribution in [1.82, 2.24) is 4.90 Å². The van der Waals surface area contributed by atoms with E-state index in [1.165, 1.54) is 13.2 Å². The number of nitrogens with zero attached hydrogens (tertiary/aromatic N) is 2. The van der Waals surface area contributed by atoms with Crippen LogP contribution in [0.2, 0.25) is 0 Å². The number of methoxy groups -OCH3 is 1. The van der Waals surface area contributed by atoms with Gasteiger partial charge in [-0.1, -0.05) is 13.0 Å². The van der Waals surface area contributed by atoms with Gasteiger partial charge in [0.15, 0.2) is 0 Å². The number of para-hydroxylation sites is 1. The van der Waals surface area contributed by atoms with Gasteiger partial charge in [0.05, 0.1) is 19.1 Å². The Morgan fingerprint density at radius 3 is 2.61 bits per heavy atom. The predicted octanol–water partition coefficient (Wildman–Crippen LogP) is 1.81. The maximum atomic E-state index is 13.9. The molecule has 1 aliphatic rings. The highest BCUT2D eigenvalue weighted by atomic mass is 19.1. The van der Waals surface area contributed by atoms with Crippen molar-refractivity contribution in [2.75, 3.05) is 32.1 Å². The zero-order valence-corrected chi connectivity index (χ0v) is 13.4. The summed E-state index contributed by atoms with van der Waals surface area (Å²) in [5.74, 6) is -2.64. The fraction of sp³-hybridized carbons (Fsp3) is 0.500. The number of ether oxygens (including phenoxy) is 1. The number of hydrogen-bond donors (Lipinski definition) is 0. The standard InChI is InChI=1S/C16H20F2N2O3/c1-10(16(22)23-3)9-19(2)13-7-8-20(15(13)21)14-11(17)5-4-6-12(14)18/h4-6,10,13H,7-9H2,1-3H3/t10-,13-/m1/s1. The number of benzene rings is 1. The number of carbonyl (C=O) groups is 2. The van der Waals surface area contributed by atoms with Crippen LogP contribution in [0.4, 0.5) is 14.5 Å². The van der Waals surface area contributed by atoms with E-state index < -0.39 is 23.6 Å². The van der Waals surface area contributed by atoms with Gasteiger partial charge in [0.2, 0.25) is 5.91 Å². The van der Waals surface area contributed by atoms with E-state index >= 15 is 0 Å². The Bertz CT molecular complexity index is 589. The van der Waals surface area contributed by atoms with Crippen molar-refractivity contribution < 1.29 is 23.1 Å². The fourth-order valence-electron chi connectivity index (χ4n) is 2.88. The first kappa shape index (κ1) is 17.3. The minimum absolute atomic E-state index is 0.234. The second-order valence-corrected chi connectivity index (χ2v) is 5.73. The molecule has 5 nitrogen and oxygen atoms in total. The molecule has 0 aromatic heterocycles. The number of anilines is 1. The maximum absolute atomic E-state index is 13.9. The first-order valence-corrected chi connectivity index (χ1v) is 7.40. The topological polar surface area (TPSA) is 49.9 Å². The quantitative estimate of drug-likeness (QED) is 0.775. The Balaban J connectivity index is 2.11. The molecule has 7 heteroatoms. The highest BCUT2D eigenvalue weighted by molar-refractivity contribution is 5.99. The average Bonchev–Trinajstić information content (AvgIpc) is 2.88. The van der Waals surface area contributed by atoms with Gasteiger partial charge in [-0.3, -0.25) is 14.5 Å². The lowest BCUT2D eigenvalue weighted by atomic mass is 10.1. The van der Waals surface area contributed by atoms with Crippen molar-refractivity contribution in [3.63, 3.8) is 0 Å². The Kier molecular flexibility index (Phi) is 5.30. The van der Waals surface area contributed by atoms with Crippen molar-refractivity contribution in [2.24, 2.45) is 5.92 Å². The van der Waals surface area contributed by atoms with Crippen LogP contribution in [0.25, 0.3) is 0 Å². The van der Waals surface area contributed by atoms with Crippen LogP contribution in [-0.4, -0.2) is 50.1 Å². The lowest BCUT2D eigenvalue weighted by molar-refractivity contribution is -0.145. The van der Waals surface area contributed by atoms with Crippen LogP contribution in [0.5, 0.6) is 0 Å². The van der Waals surface area contributed by atoms with E-state index in [0.29, 0.717) is 13.0 Å². The number of likely N-dealkylation sites (N-methyl/N-ethyl adjacent to an activating group) is 1. The summed E-state index contributed by atoms with van der Waals surface area (Å²) in [5.41, 5.74) is -0.311. The van der Waals surface area contributed by atoms with E-state index in [9.17, 15) is 18.4 Å². The highest BCUT2D eigenvalue weighted by Crippen LogP contribution is 2.29. The Hall–Kier alpha value is -2.02. The Morgan fingerprint density at radius 2 is 2.04 bits per heavy atom. The summed E-state index contributed by atoms with van der Waals surface area (Å²) < 4.78 is 32.4. The van der Waals surface area contributed by atoms with Crippen molar-refractivity contribution in [3.05, 3.63) is 29.8 Å². The van der Waals surface area contributed by atoms with Crippen LogP contribution in [0.15, 0.2) is 18.2 Å². The molecule has 1 amide bonds. The third kappa shape index (κ3) is 3.50. The van der Waals surface area contributed by atoms with Crippen molar-refractivity contribution in [3.8, 4) is 0 Å². The van der Waals surface area contributed by atoms with Gasteiger partial charge in [0.1, 0.15) is 17.3 Å². The Labute approximate surface area is 133 Å². The number of esters is 1. The highest BCUT2D eigenvalue weighted by Gasteiger charge is 2.38. The maximum Gasteiger partial charge on any atom is 0.309 e. The zero-order chi connectivity index (χ0) is 17.1. The number of rotatable bonds is 5. The first-order valence-electron chi connectivity index (χ1n) is 7.40. The van der Waals surface area contributed by atoms with Gasteiger partial charge in [-0.25, -0.2) is 8.78 Å². The second kappa shape index (κ2) is 7.04. The van der Waals surface area contributed by atoms with Gasteiger partial charge in [-0.2, -0.15) is 0 Å². The van der Waals surface area contributed by atoms with Gasteiger partial charge in [0, 0.05) is 13.1 Å². The largest absolute Gasteiger partial charge is 0.469 e. The van der Waals surface area contributed by atoms with Crippen LogP contribution in [0.3, 0.4) is 0 Å². The number of amides is 1. The van der Waals surface area contributed by atoms with Gasteiger partial charge in [0.25, 0.3) is 0 Å². The van der Waals surface area contributed by atoms with E-state index in [1.807, 2.05) is 0 Å². The van der Waals surface area contributed by atoms with E-state index in [4.69, 9.17) is 0 Å². The van der Waals surface area contributed by atoms with Crippen LogP contribution >= 0.6 is 0 Å². The van der Waals surface area contributed by atoms with Gasteiger partial charge >= 0.3 is 5.97 Å². The minimum atomic E-state index is -0.760. The fourth-order valence-corrected chi connectivity index (χ4v) is 2.88. The summed E-state index contributed by atoms with van der Waals surface area (Å²) in [7, 11) is 3.02. The SMILES string of the molecule is COC(=O)[C@H](C)CN(C)[C@@H]1CCN(c2c(F)cccc2F)C1=O. The normalized spacial score (nSPS) is 19.3. The average molecular weight is 326 g/mol. The second-order valence-electron chi connectivity index (χ2n) is 5.73. The van der Waals surface area contributed by atoms with Gasteiger partial charge in [-0.15, -0.1) is 0 Å². The first-order chi connectivity index (χ1) is 10.9. The van der Waals surface area contributed by atoms with Crippen LogP contribution < -0.4 is 4.90 Å². The summed E-state index contributed by atoms with van der Waals surface area (Å²) in [6, 6.07) is 3.00. The van der Waals surface area contributed by atoms with Gasteiger partial charge < -0.3 is 9.64 Å². The minimum Gasteiger partial charge on any atom is -0.469 e. The lowest BCUT2D eigenvalue weighted by Crippen LogP contribution is -2.43. The van der Waals surface area contributed by atoms with Crippen LogP contribution in [0, 0.1) is 17.6 Å². The van der Waals surface area contributed by atoms with Crippen molar-refractivity contribution >= 4 is 17.6 Å². The van der Waals surface area contributed by atoms with E-state index in [2.05, 4.69) is 4.74 Å². The molecule has 1 fully saturated rings. The van der Waals surface area contributed by atoms with E-state index in [-0.39, 0.29) is 24.1 Å². The monoisotopic (exact) mass is 326 g/mol. The molecular formula is C16H20F2N2O3. The summed E-state index contributed by atoms with van der Waals surface area (Å²) in [6.07, 6.45) is 0.441. The predicted molar refractivity (Wildman–Crippen MR) is 80.9 cm³/mol. The van der Waals surface area contributed by atoms with E-state index in [1.54, 1.807) is 18.9 Å². The molecule has 0 spiro atoms. The summed E-state index contributed by atoms with van der Waals surface area (Å²) in [4.78, 5) is 26.8. The smallest absolute Gasteiger partial charge is 0.309 e. The molecule has 1 aromatic rings. The lowest BCUT2D eigenvalue weighted by Gasteiger charge is -2.25. The molecule has 2 rings (SSSR count). The molecule has 0 saturated carbocycles. The van der Waals surface area contributed by atoms with Gasteiger partial charge in [-0.05, 0) is 25.6 Å². The van der Waals surface area contributed by atoms with E-state index in [0.717, 1.165) is 17.0 Å². The Morgan fingerprint density at radius 1 is 1.43 bits per heavy atom. The summed E-state index contributed by atoms with van der Waals surface area (Å²) >= 11 is 0. The van der Waals surface area contributed by atoms with Crippen molar-refractivity contribution in [2.45, 2.75) is 19.4 Å². The third-order valence-electron chi connectivity index (χ3n) is 4.08. The zero-order valence-electron chi connectivity index (χ0n) is 13.4. The molecule has 2 atom stereocenters. The molecule has 1 saturated heterocycles. The molecular weight excluding hydrogens is 306 g/mol. The molecule has 0 N–H and O–H groups in total. The van der Waals surface area contributed by atoms with Crippen molar-refractivity contribution in [1.29, 1.82) is 0 Å². The van der Waals surface area contributed by atoms with Crippen LogP contribution in [0.1, 0.15) is 13.3 Å². The third-order valence-corrected chi connectivity index (χ3v) is 4.08. The molecule has 0 unspecified atom stereocenters. The van der Waals surface area contributed by atoms with Crippen LogP contribution in [-0.2, 0) is 14.3 Å². The molecule has 1 aliphatic heterocycles. The molecule has 23 heavy (non-hydrogen) atoms. The number of hydrogen-bond acceptors (Lipinski definition) is 4. The molecule has 0 radical (unpaired) electrons. The molecule has 0 bridgehead atoms. The molecule has 0 aliphatic carbocycles. The summed E-state index contributed by atoms with van der Waals surface area (Å²) in [5, 5.41) is 0.